The molecule has 0 fully saturated rings. The smallest absolute Gasteiger partial charge is 0.243 e. The molecule has 24 heavy (non-hydrogen) atoms. The molecule has 1 aromatic heterocycles. The van der Waals surface area contributed by atoms with Crippen molar-refractivity contribution >= 4 is 11.8 Å². The van der Waals surface area contributed by atoms with Gasteiger partial charge in [-0.3, -0.25) is 9.59 Å². The van der Waals surface area contributed by atoms with Crippen molar-refractivity contribution in [2.45, 2.75) is 39.8 Å². The standard InChI is InChI=1S/C18H24N4O2/c1-12(2)17(21-14(4)23)18(24)20-13(3)15-5-7-16(8-6-15)22-10-9-19-11-22/h5-13,17H,1-4H3,(H,20,24)(H,21,23)/t13-,17+/m0/s1. The van der Waals surface area contributed by atoms with Crippen LogP contribution < -0.4 is 10.6 Å². The van der Waals surface area contributed by atoms with Gasteiger partial charge in [0.05, 0.1) is 12.4 Å². The molecular weight excluding hydrogens is 304 g/mol. The van der Waals surface area contributed by atoms with Crippen molar-refractivity contribution in [2.75, 3.05) is 0 Å². The number of nitrogens with one attached hydrogen (secondary N) is 2. The number of hydrogen-bond acceptors (Lipinski definition) is 3. The zero-order valence-electron chi connectivity index (χ0n) is 14.5. The molecule has 0 spiro atoms. The molecule has 1 aromatic carbocycles. The Morgan fingerprint density at radius 2 is 1.75 bits per heavy atom. The van der Waals surface area contributed by atoms with E-state index in [-0.39, 0.29) is 23.8 Å². The lowest BCUT2D eigenvalue weighted by molar-refractivity contribution is -0.129. The summed E-state index contributed by atoms with van der Waals surface area (Å²) in [5.74, 6) is -0.364. The highest BCUT2D eigenvalue weighted by molar-refractivity contribution is 5.87. The SMILES string of the molecule is CC(=O)N[C@@H](C(=O)N[C@@H](C)c1ccc(-n2ccnc2)cc1)C(C)C. The summed E-state index contributed by atoms with van der Waals surface area (Å²) in [5, 5.41) is 5.67. The van der Waals surface area contributed by atoms with Crippen molar-refractivity contribution < 1.29 is 9.59 Å². The van der Waals surface area contributed by atoms with Gasteiger partial charge in [-0.05, 0) is 30.5 Å². The number of rotatable bonds is 6. The molecule has 6 nitrogen and oxygen atoms in total. The maximum atomic E-state index is 12.4. The Labute approximate surface area is 142 Å². The molecule has 0 saturated carbocycles. The number of imidazole rings is 1. The van der Waals surface area contributed by atoms with Crippen LogP contribution in [-0.2, 0) is 9.59 Å². The zero-order chi connectivity index (χ0) is 17.7. The Kier molecular flexibility index (Phi) is 5.73. The Hall–Kier alpha value is -2.63. The van der Waals surface area contributed by atoms with Crippen molar-refractivity contribution in [1.29, 1.82) is 0 Å². The molecular formula is C18H24N4O2. The van der Waals surface area contributed by atoms with E-state index in [1.807, 2.05) is 55.8 Å². The van der Waals surface area contributed by atoms with Gasteiger partial charge in [0, 0.05) is 25.0 Å². The van der Waals surface area contributed by atoms with E-state index < -0.39 is 6.04 Å². The first-order valence-electron chi connectivity index (χ1n) is 8.04. The first kappa shape index (κ1) is 17.7. The van der Waals surface area contributed by atoms with Crippen LogP contribution in [0.3, 0.4) is 0 Å². The number of carbonyl (C=O) groups is 2. The minimum absolute atomic E-state index is 0.0183. The van der Waals surface area contributed by atoms with Gasteiger partial charge < -0.3 is 15.2 Å². The van der Waals surface area contributed by atoms with Gasteiger partial charge >= 0.3 is 0 Å². The Balaban J connectivity index is 2.04. The molecule has 0 saturated heterocycles. The van der Waals surface area contributed by atoms with Crippen LogP contribution >= 0.6 is 0 Å². The van der Waals surface area contributed by atoms with Crippen LogP contribution in [0.15, 0.2) is 43.0 Å². The quantitative estimate of drug-likeness (QED) is 0.853. The second-order valence-electron chi connectivity index (χ2n) is 6.21. The highest BCUT2D eigenvalue weighted by atomic mass is 16.2. The summed E-state index contributed by atoms with van der Waals surface area (Å²) < 4.78 is 1.92. The first-order valence-corrected chi connectivity index (χ1v) is 8.04. The Morgan fingerprint density at radius 1 is 1.08 bits per heavy atom. The highest BCUT2D eigenvalue weighted by Crippen LogP contribution is 2.16. The molecule has 2 aromatic rings. The van der Waals surface area contributed by atoms with Crippen LogP contribution in [0.2, 0.25) is 0 Å². The third-order valence-corrected chi connectivity index (χ3v) is 3.86. The van der Waals surface area contributed by atoms with Crippen LogP contribution in [0, 0.1) is 5.92 Å². The molecule has 0 bridgehead atoms. The first-order chi connectivity index (χ1) is 11.4. The molecule has 2 N–H and O–H groups in total. The summed E-state index contributed by atoms with van der Waals surface area (Å²) in [5.41, 5.74) is 2.01. The lowest BCUT2D eigenvalue weighted by atomic mass is 10.0. The van der Waals surface area contributed by atoms with E-state index in [0.29, 0.717) is 0 Å². The summed E-state index contributed by atoms with van der Waals surface area (Å²) >= 11 is 0. The Morgan fingerprint density at radius 3 is 2.25 bits per heavy atom. The van der Waals surface area contributed by atoms with Crippen molar-refractivity contribution in [3.63, 3.8) is 0 Å². The van der Waals surface area contributed by atoms with Gasteiger partial charge in [0.2, 0.25) is 11.8 Å². The normalized spacial score (nSPS) is 13.4. The van der Waals surface area contributed by atoms with E-state index in [1.54, 1.807) is 12.5 Å². The number of nitrogens with zero attached hydrogens (tertiary/aromatic N) is 2. The molecule has 0 aliphatic carbocycles. The predicted octanol–water partition coefficient (Wildman–Crippen LogP) is 2.21. The lowest BCUT2D eigenvalue weighted by Gasteiger charge is -2.23. The summed E-state index contributed by atoms with van der Waals surface area (Å²) in [6, 6.07) is 7.23. The number of hydrogen-bond donors (Lipinski definition) is 2. The Bertz CT molecular complexity index is 678. The molecule has 0 unspecified atom stereocenters. The predicted molar refractivity (Wildman–Crippen MR) is 92.6 cm³/mol. The molecule has 2 rings (SSSR count). The monoisotopic (exact) mass is 328 g/mol. The second kappa shape index (κ2) is 7.77. The maximum Gasteiger partial charge on any atom is 0.243 e. The van der Waals surface area contributed by atoms with E-state index >= 15 is 0 Å². The molecule has 0 radical (unpaired) electrons. The van der Waals surface area contributed by atoms with Gasteiger partial charge in [-0.25, -0.2) is 4.98 Å². The van der Waals surface area contributed by atoms with Gasteiger partial charge in [-0.15, -0.1) is 0 Å². The average Bonchev–Trinajstić information content (AvgIpc) is 3.06. The largest absolute Gasteiger partial charge is 0.348 e. The third kappa shape index (κ3) is 4.44. The van der Waals surface area contributed by atoms with Crippen LogP contribution in [0.1, 0.15) is 39.3 Å². The number of carbonyl (C=O) groups excluding carboxylic acids is 2. The van der Waals surface area contributed by atoms with E-state index in [1.165, 1.54) is 6.92 Å². The van der Waals surface area contributed by atoms with Crippen LogP contribution in [0.4, 0.5) is 0 Å². The van der Waals surface area contributed by atoms with Gasteiger partial charge in [0.1, 0.15) is 6.04 Å². The number of amides is 2. The van der Waals surface area contributed by atoms with Crippen molar-refractivity contribution in [2.24, 2.45) is 5.92 Å². The van der Waals surface area contributed by atoms with E-state index in [0.717, 1.165) is 11.3 Å². The lowest BCUT2D eigenvalue weighted by Crippen LogP contribution is -2.49. The summed E-state index contributed by atoms with van der Waals surface area (Å²) in [7, 11) is 0. The second-order valence-corrected chi connectivity index (χ2v) is 6.21. The van der Waals surface area contributed by atoms with E-state index in [4.69, 9.17) is 0 Å². The molecule has 2 atom stereocenters. The fraction of sp³-hybridized carbons (Fsp3) is 0.389. The minimum Gasteiger partial charge on any atom is -0.348 e. The van der Waals surface area contributed by atoms with E-state index in [2.05, 4.69) is 15.6 Å². The molecule has 0 aliphatic rings. The average molecular weight is 328 g/mol. The van der Waals surface area contributed by atoms with Crippen molar-refractivity contribution in [3.8, 4) is 5.69 Å². The summed E-state index contributed by atoms with van der Waals surface area (Å²) in [6.07, 6.45) is 5.34. The van der Waals surface area contributed by atoms with Crippen molar-refractivity contribution in [1.82, 2.24) is 20.2 Å². The molecule has 6 heteroatoms. The van der Waals surface area contributed by atoms with Gasteiger partial charge in [0.15, 0.2) is 0 Å². The minimum atomic E-state index is -0.532. The van der Waals surface area contributed by atoms with Gasteiger partial charge in [-0.1, -0.05) is 26.0 Å². The van der Waals surface area contributed by atoms with Crippen LogP contribution in [0.25, 0.3) is 5.69 Å². The molecule has 1 heterocycles. The van der Waals surface area contributed by atoms with Gasteiger partial charge in [0.25, 0.3) is 0 Å². The summed E-state index contributed by atoms with van der Waals surface area (Å²) in [4.78, 5) is 27.7. The van der Waals surface area contributed by atoms with Crippen LogP contribution in [0.5, 0.6) is 0 Å². The van der Waals surface area contributed by atoms with Gasteiger partial charge in [-0.2, -0.15) is 0 Å². The van der Waals surface area contributed by atoms with Crippen LogP contribution in [-0.4, -0.2) is 27.4 Å². The maximum absolute atomic E-state index is 12.4. The molecule has 128 valence electrons. The third-order valence-electron chi connectivity index (χ3n) is 3.86. The fourth-order valence-electron chi connectivity index (χ4n) is 2.49. The number of benzene rings is 1. The summed E-state index contributed by atoms with van der Waals surface area (Å²) in [6.45, 7) is 7.16. The molecule has 0 aliphatic heterocycles. The number of aromatic nitrogens is 2. The topological polar surface area (TPSA) is 76.0 Å². The highest BCUT2D eigenvalue weighted by Gasteiger charge is 2.24. The van der Waals surface area contributed by atoms with E-state index in [9.17, 15) is 9.59 Å². The van der Waals surface area contributed by atoms with Crippen molar-refractivity contribution in [3.05, 3.63) is 48.5 Å². The zero-order valence-corrected chi connectivity index (χ0v) is 14.5. The fourth-order valence-corrected chi connectivity index (χ4v) is 2.49. The molecule has 2 amide bonds.